The lowest BCUT2D eigenvalue weighted by Gasteiger charge is -2.16. The molecule has 1 atom stereocenters. The largest absolute Gasteiger partial charge is 0.496 e. The summed E-state index contributed by atoms with van der Waals surface area (Å²) in [5.74, 6) is 0.321. The van der Waals surface area contributed by atoms with Gasteiger partial charge in [-0.3, -0.25) is 0 Å². The van der Waals surface area contributed by atoms with Crippen LogP contribution in [0.4, 0.5) is 4.39 Å². The lowest BCUT2D eigenvalue weighted by atomic mass is 9.97. The quantitative estimate of drug-likeness (QED) is 0.905. The average Bonchev–Trinajstić information content (AvgIpc) is 2.42. The van der Waals surface area contributed by atoms with E-state index in [4.69, 9.17) is 4.74 Å². The molecule has 2 aromatic rings. The van der Waals surface area contributed by atoms with Crippen LogP contribution >= 0.6 is 15.9 Å². The molecule has 0 heterocycles. The van der Waals surface area contributed by atoms with Gasteiger partial charge in [0.25, 0.3) is 0 Å². The van der Waals surface area contributed by atoms with E-state index in [-0.39, 0.29) is 5.82 Å². The summed E-state index contributed by atoms with van der Waals surface area (Å²) < 4.78 is 19.4. The van der Waals surface area contributed by atoms with Crippen molar-refractivity contribution in [1.82, 2.24) is 0 Å². The Balaban J connectivity index is 2.28. The van der Waals surface area contributed by atoms with Crippen LogP contribution < -0.4 is 4.74 Å². The molecule has 0 aliphatic rings. The molecule has 0 saturated heterocycles. The van der Waals surface area contributed by atoms with E-state index >= 15 is 0 Å². The molecular formula is C16H16BrFO2. The first-order chi connectivity index (χ1) is 9.51. The molecule has 1 unspecified atom stereocenters. The highest BCUT2D eigenvalue weighted by atomic mass is 79.9. The summed E-state index contributed by atoms with van der Waals surface area (Å²) in [6, 6.07) is 10.1. The molecule has 0 amide bonds. The molecule has 106 valence electrons. The number of methoxy groups -OCH3 is 1. The Morgan fingerprint density at radius 2 is 2.00 bits per heavy atom. The Morgan fingerprint density at radius 3 is 2.70 bits per heavy atom. The summed E-state index contributed by atoms with van der Waals surface area (Å²) in [4.78, 5) is 0. The van der Waals surface area contributed by atoms with Gasteiger partial charge < -0.3 is 9.84 Å². The molecule has 0 aliphatic heterocycles. The third-order valence-electron chi connectivity index (χ3n) is 3.28. The molecule has 0 aliphatic carbocycles. The Bertz CT molecular complexity index is 613. The van der Waals surface area contributed by atoms with E-state index in [1.807, 2.05) is 19.1 Å². The first-order valence-corrected chi connectivity index (χ1v) is 7.07. The zero-order chi connectivity index (χ0) is 14.7. The van der Waals surface area contributed by atoms with Crippen molar-refractivity contribution < 1.29 is 14.2 Å². The molecule has 2 rings (SSSR count). The lowest BCUT2D eigenvalue weighted by Crippen LogP contribution is -2.05. The van der Waals surface area contributed by atoms with Crippen molar-refractivity contribution >= 4 is 15.9 Å². The minimum Gasteiger partial charge on any atom is -0.496 e. The van der Waals surface area contributed by atoms with Crippen molar-refractivity contribution in [2.24, 2.45) is 0 Å². The monoisotopic (exact) mass is 338 g/mol. The van der Waals surface area contributed by atoms with Crippen molar-refractivity contribution in [3.05, 3.63) is 63.4 Å². The van der Waals surface area contributed by atoms with Gasteiger partial charge in [-0.2, -0.15) is 0 Å². The summed E-state index contributed by atoms with van der Waals surface area (Å²) in [5, 5.41) is 10.4. The van der Waals surface area contributed by atoms with Crippen LogP contribution in [-0.4, -0.2) is 12.2 Å². The minimum atomic E-state index is -0.737. The van der Waals surface area contributed by atoms with Crippen molar-refractivity contribution in [2.75, 3.05) is 7.11 Å². The van der Waals surface area contributed by atoms with Gasteiger partial charge in [-0.1, -0.05) is 28.1 Å². The van der Waals surface area contributed by atoms with E-state index in [2.05, 4.69) is 15.9 Å². The molecule has 1 N–H and O–H groups in total. The van der Waals surface area contributed by atoms with Crippen LogP contribution in [0.1, 0.15) is 22.8 Å². The summed E-state index contributed by atoms with van der Waals surface area (Å²) in [6.45, 7) is 1.90. The Labute approximate surface area is 126 Å². The standard InChI is InChI=1S/C16H16BrFO2/c1-10-3-5-13(18)7-11(10)8-15(19)14-6-4-12(17)9-16(14)20-2/h3-7,9,15,19H,8H2,1-2H3. The molecule has 0 bridgehead atoms. The van der Waals surface area contributed by atoms with Gasteiger partial charge in [-0.05, 0) is 42.3 Å². The first-order valence-electron chi connectivity index (χ1n) is 6.28. The maximum absolute atomic E-state index is 13.3. The molecule has 2 nitrogen and oxygen atoms in total. The molecule has 0 saturated carbocycles. The number of aryl methyl sites for hydroxylation is 1. The number of aliphatic hydroxyl groups is 1. The van der Waals surface area contributed by atoms with Crippen LogP contribution in [0.3, 0.4) is 0 Å². The Kier molecular flexibility index (Phi) is 4.78. The highest BCUT2D eigenvalue weighted by molar-refractivity contribution is 9.10. The van der Waals surface area contributed by atoms with E-state index in [9.17, 15) is 9.50 Å². The zero-order valence-corrected chi connectivity index (χ0v) is 12.9. The maximum Gasteiger partial charge on any atom is 0.125 e. The second kappa shape index (κ2) is 6.37. The van der Waals surface area contributed by atoms with E-state index in [1.54, 1.807) is 19.2 Å². The molecule has 0 fully saturated rings. The molecule has 2 aromatic carbocycles. The summed E-state index contributed by atoms with van der Waals surface area (Å²) in [7, 11) is 1.56. The highest BCUT2D eigenvalue weighted by Crippen LogP contribution is 2.31. The molecule has 4 heteroatoms. The van der Waals surface area contributed by atoms with Crippen LogP contribution in [0.5, 0.6) is 5.75 Å². The lowest BCUT2D eigenvalue weighted by molar-refractivity contribution is 0.173. The van der Waals surface area contributed by atoms with Gasteiger partial charge in [-0.25, -0.2) is 4.39 Å². The average molecular weight is 339 g/mol. The van der Waals surface area contributed by atoms with E-state index in [0.717, 1.165) is 15.6 Å². The van der Waals surface area contributed by atoms with Crippen molar-refractivity contribution in [3.8, 4) is 5.75 Å². The third-order valence-corrected chi connectivity index (χ3v) is 3.77. The van der Waals surface area contributed by atoms with Gasteiger partial charge in [0.1, 0.15) is 11.6 Å². The van der Waals surface area contributed by atoms with Gasteiger partial charge in [0.05, 0.1) is 13.2 Å². The number of rotatable bonds is 4. The topological polar surface area (TPSA) is 29.5 Å². The number of aliphatic hydroxyl groups excluding tert-OH is 1. The fraction of sp³-hybridized carbons (Fsp3) is 0.250. The van der Waals surface area contributed by atoms with Crippen LogP contribution in [-0.2, 0) is 6.42 Å². The predicted molar refractivity (Wildman–Crippen MR) is 80.5 cm³/mol. The number of hydrogen-bond acceptors (Lipinski definition) is 2. The predicted octanol–water partition coefficient (Wildman–Crippen LogP) is 4.18. The van der Waals surface area contributed by atoms with Gasteiger partial charge in [0.2, 0.25) is 0 Å². The second-order valence-corrected chi connectivity index (χ2v) is 5.59. The van der Waals surface area contributed by atoms with Crippen LogP contribution in [0.15, 0.2) is 40.9 Å². The first kappa shape index (κ1) is 15.0. The van der Waals surface area contributed by atoms with Crippen molar-refractivity contribution in [1.29, 1.82) is 0 Å². The number of halogens is 2. The van der Waals surface area contributed by atoms with Crippen molar-refractivity contribution in [3.63, 3.8) is 0 Å². The number of benzene rings is 2. The second-order valence-electron chi connectivity index (χ2n) is 4.68. The van der Waals surface area contributed by atoms with Gasteiger partial charge >= 0.3 is 0 Å². The smallest absolute Gasteiger partial charge is 0.125 e. The summed E-state index contributed by atoms with van der Waals surface area (Å²) >= 11 is 3.36. The Hall–Kier alpha value is -1.39. The normalized spacial score (nSPS) is 12.2. The van der Waals surface area contributed by atoms with E-state index in [0.29, 0.717) is 17.7 Å². The fourth-order valence-corrected chi connectivity index (χ4v) is 2.48. The van der Waals surface area contributed by atoms with E-state index in [1.165, 1.54) is 12.1 Å². The van der Waals surface area contributed by atoms with Crippen LogP contribution in [0.2, 0.25) is 0 Å². The van der Waals surface area contributed by atoms with Crippen LogP contribution in [0, 0.1) is 12.7 Å². The van der Waals surface area contributed by atoms with Gasteiger partial charge in [0, 0.05) is 16.5 Å². The SMILES string of the molecule is COc1cc(Br)ccc1C(O)Cc1cc(F)ccc1C. The van der Waals surface area contributed by atoms with Crippen LogP contribution in [0.25, 0.3) is 0 Å². The zero-order valence-electron chi connectivity index (χ0n) is 11.4. The Morgan fingerprint density at radius 1 is 1.25 bits per heavy atom. The highest BCUT2D eigenvalue weighted by Gasteiger charge is 2.15. The maximum atomic E-state index is 13.3. The van der Waals surface area contributed by atoms with Gasteiger partial charge in [0.15, 0.2) is 0 Å². The van der Waals surface area contributed by atoms with Gasteiger partial charge in [-0.15, -0.1) is 0 Å². The van der Waals surface area contributed by atoms with E-state index < -0.39 is 6.10 Å². The molecule has 0 spiro atoms. The molecule has 20 heavy (non-hydrogen) atoms. The van der Waals surface area contributed by atoms with Crippen molar-refractivity contribution in [2.45, 2.75) is 19.4 Å². The molecule has 0 radical (unpaired) electrons. The number of hydrogen-bond donors (Lipinski definition) is 1. The third kappa shape index (κ3) is 3.38. The molecular weight excluding hydrogens is 323 g/mol. The summed E-state index contributed by atoms with van der Waals surface area (Å²) in [6.07, 6.45) is -0.389. The molecule has 0 aromatic heterocycles. The summed E-state index contributed by atoms with van der Waals surface area (Å²) in [5.41, 5.74) is 2.45. The minimum absolute atomic E-state index is 0.291. The fourth-order valence-electron chi connectivity index (χ4n) is 2.14. The number of ether oxygens (including phenoxy) is 1.